The van der Waals surface area contributed by atoms with Gasteiger partial charge in [0.05, 0.1) is 55.2 Å². The molecular formula is C25H36N16O10. The summed E-state index contributed by atoms with van der Waals surface area (Å²) in [6, 6.07) is -4.91. The van der Waals surface area contributed by atoms with Crippen molar-refractivity contribution in [2.75, 3.05) is 19.6 Å². The summed E-state index contributed by atoms with van der Waals surface area (Å²) in [5.41, 5.74) is 35.1. The van der Waals surface area contributed by atoms with Crippen LogP contribution in [0.15, 0.2) is 36.2 Å². The van der Waals surface area contributed by atoms with Crippen LogP contribution in [0.1, 0.15) is 31.1 Å². The molecule has 1 saturated carbocycles. The number of carbonyl (C=O) groups excluding carboxylic acids is 1. The number of aliphatic hydroxyl groups is 4. The Labute approximate surface area is 285 Å². The van der Waals surface area contributed by atoms with E-state index in [0.717, 1.165) is 4.57 Å². The molecule has 3 heterocycles. The molecule has 1 amide bonds. The number of azide groups is 4. The number of hydrogen-bond donors (Lipinski definition) is 7. The number of aromatic nitrogens is 2. The van der Waals surface area contributed by atoms with Gasteiger partial charge in [0.1, 0.15) is 18.4 Å². The Morgan fingerprint density at radius 1 is 0.980 bits per heavy atom. The van der Waals surface area contributed by atoms with E-state index in [2.05, 4.69) is 55.7 Å². The lowest BCUT2D eigenvalue weighted by atomic mass is 9.82. The van der Waals surface area contributed by atoms with Crippen molar-refractivity contribution in [3.8, 4) is 0 Å². The van der Waals surface area contributed by atoms with Crippen LogP contribution >= 0.6 is 0 Å². The minimum atomic E-state index is -1.74. The smallest absolute Gasteiger partial charge is 0.330 e. The van der Waals surface area contributed by atoms with E-state index in [-0.39, 0.29) is 37.9 Å². The van der Waals surface area contributed by atoms with E-state index < -0.39 is 103 Å². The fourth-order valence-corrected chi connectivity index (χ4v) is 6.13. The van der Waals surface area contributed by atoms with Crippen molar-refractivity contribution in [1.29, 1.82) is 0 Å². The van der Waals surface area contributed by atoms with Crippen molar-refractivity contribution in [2.24, 2.45) is 20.5 Å². The topological polar surface area (TPSA) is 400 Å². The zero-order valence-electron chi connectivity index (χ0n) is 26.9. The van der Waals surface area contributed by atoms with Gasteiger partial charge in [-0.3, -0.25) is 19.1 Å². The van der Waals surface area contributed by atoms with Gasteiger partial charge in [0.25, 0.3) is 11.5 Å². The number of H-pyrrole nitrogens is 1. The molecule has 2 aliphatic heterocycles. The van der Waals surface area contributed by atoms with Crippen molar-refractivity contribution >= 4 is 5.91 Å². The van der Waals surface area contributed by atoms with Gasteiger partial charge in [0.15, 0.2) is 12.4 Å². The summed E-state index contributed by atoms with van der Waals surface area (Å²) in [7, 11) is 0. The molecule has 26 nitrogen and oxygen atoms in total. The first-order chi connectivity index (χ1) is 24.4. The number of nitrogens with zero attached hydrogens (tertiary/aromatic N) is 13. The minimum absolute atomic E-state index is 0.0184. The van der Waals surface area contributed by atoms with Crippen molar-refractivity contribution in [3.63, 3.8) is 0 Å². The molecule has 0 unspecified atom stereocenters. The highest BCUT2D eigenvalue weighted by molar-refractivity contribution is 5.81. The second kappa shape index (κ2) is 17.8. The molecule has 0 spiro atoms. The van der Waals surface area contributed by atoms with Crippen LogP contribution in [0.4, 0.5) is 0 Å². The number of aliphatic hydroxyl groups excluding tert-OH is 4. The number of ether oxygens (including phenoxy) is 3. The lowest BCUT2D eigenvalue weighted by Gasteiger charge is -2.47. The van der Waals surface area contributed by atoms with Crippen molar-refractivity contribution in [1.82, 2.24) is 20.2 Å². The lowest BCUT2D eigenvalue weighted by Crippen LogP contribution is -2.65. The highest BCUT2D eigenvalue weighted by Crippen LogP contribution is 2.33. The molecule has 1 aromatic heterocycles. The average Bonchev–Trinajstić information content (AvgIpc) is 3.49. The zero-order chi connectivity index (χ0) is 37.2. The summed E-state index contributed by atoms with van der Waals surface area (Å²) in [5.74, 6) is -0.681. The van der Waals surface area contributed by atoms with E-state index in [9.17, 15) is 40.3 Å². The van der Waals surface area contributed by atoms with Crippen LogP contribution in [0.2, 0.25) is 0 Å². The quantitative estimate of drug-likeness (QED) is 0.0523. The second-order valence-corrected chi connectivity index (χ2v) is 11.9. The molecule has 7 N–H and O–H groups in total. The largest absolute Gasteiger partial charge is 0.391 e. The van der Waals surface area contributed by atoms with Crippen LogP contribution in [0.3, 0.4) is 0 Å². The monoisotopic (exact) mass is 720 g/mol. The highest BCUT2D eigenvalue weighted by atomic mass is 16.7. The Morgan fingerprint density at radius 3 is 2.37 bits per heavy atom. The van der Waals surface area contributed by atoms with Crippen LogP contribution in [0.25, 0.3) is 41.8 Å². The van der Waals surface area contributed by atoms with Crippen LogP contribution in [-0.4, -0.2) is 129 Å². The van der Waals surface area contributed by atoms with Crippen LogP contribution in [0, 0.1) is 6.92 Å². The maximum absolute atomic E-state index is 12.9. The van der Waals surface area contributed by atoms with Crippen molar-refractivity contribution in [2.45, 2.75) is 106 Å². The van der Waals surface area contributed by atoms with Crippen LogP contribution in [0.5, 0.6) is 0 Å². The first-order valence-corrected chi connectivity index (χ1v) is 15.6. The Balaban J connectivity index is 1.44. The number of amides is 1. The Bertz CT molecular complexity index is 1720. The molecule has 3 fully saturated rings. The predicted molar refractivity (Wildman–Crippen MR) is 169 cm³/mol. The number of nitrogens with one attached hydrogen (secondary N) is 3. The average molecular weight is 721 g/mol. The first-order valence-electron chi connectivity index (χ1n) is 15.6. The van der Waals surface area contributed by atoms with Gasteiger partial charge in [-0.2, -0.15) is 0 Å². The Morgan fingerprint density at radius 2 is 1.69 bits per heavy atom. The molecule has 26 heteroatoms. The van der Waals surface area contributed by atoms with E-state index in [1.54, 1.807) is 0 Å². The molecule has 0 aromatic carbocycles. The first kappa shape index (κ1) is 38.9. The number of carbonyl (C=O) groups is 1. The molecule has 2 saturated heterocycles. The third-order valence-corrected chi connectivity index (χ3v) is 8.69. The molecule has 4 rings (SSSR count). The predicted octanol–water partition coefficient (Wildman–Crippen LogP) is -1.10. The van der Waals surface area contributed by atoms with Gasteiger partial charge in [-0.05, 0) is 48.4 Å². The van der Waals surface area contributed by atoms with Gasteiger partial charge in [-0.1, -0.05) is 20.5 Å². The van der Waals surface area contributed by atoms with E-state index in [1.165, 1.54) is 13.1 Å². The summed E-state index contributed by atoms with van der Waals surface area (Å²) in [4.78, 5) is 49.8. The second-order valence-electron chi connectivity index (χ2n) is 11.9. The lowest BCUT2D eigenvalue weighted by molar-refractivity contribution is -0.279. The zero-order valence-corrected chi connectivity index (χ0v) is 26.9. The third kappa shape index (κ3) is 9.06. The van der Waals surface area contributed by atoms with Crippen molar-refractivity contribution < 1.29 is 39.4 Å². The van der Waals surface area contributed by atoms with Crippen LogP contribution < -0.4 is 21.9 Å². The molecule has 0 bridgehead atoms. The molecular weight excluding hydrogens is 684 g/mol. The minimum Gasteiger partial charge on any atom is -0.391 e. The summed E-state index contributed by atoms with van der Waals surface area (Å²) in [6.07, 6.45) is -11.4. The van der Waals surface area contributed by atoms with E-state index in [4.69, 9.17) is 30.8 Å². The van der Waals surface area contributed by atoms with Gasteiger partial charge in [-0.25, -0.2) is 4.79 Å². The molecule has 3 aliphatic rings. The fourth-order valence-electron chi connectivity index (χ4n) is 6.13. The summed E-state index contributed by atoms with van der Waals surface area (Å²) >= 11 is 0. The Kier molecular flexibility index (Phi) is 13.6. The van der Waals surface area contributed by atoms with Crippen molar-refractivity contribution in [3.05, 3.63) is 74.4 Å². The number of rotatable bonds is 14. The van der Waals surface area contributed by atoms with Gasteiger partial charge in [0.2, 0.25) is 0 Å². The molecule has 276 valence electrons. The van der Waals surface area contributed by atoms with E-state index >= 15 is 0 Å². The molecule has 1 aliphatic carbocycles. The standard InChI is InChI=1S/C25H36N16O10/c1-9-8-41(25(48)33-22(9)46)14-6-12(42)21(50-14)23(47)31-4-2-3-30-15-17(43)10(34-38-27)5-11(35-39-28)20(15)51-24-16(36-40-29)19(45)18(44)13(49-24)7-32-37-26/h8,10-21,24,30,42-45H,2-7H2,1H3,(H,31,47)(H,33,46,48)/t10-,11+,12+,13-,14-,15+,16-,17+,18-,19-,20-,21+,24-/m1/s1. The van der Waals surface area contributed by atoms with Gasteiger partial charge >= 0.3 is 5.69 Å². The molecule has 13 atom stereocenters. The normalized spacial score (nSPS) is 34.6. The molecule has 51 heavy (non-hydrogen) atoms. The molecule has 0 radical (unpaired) electrons. The van der Waals surface area contributed by atoms with E-state index in [1.807, 2.05) is 0 Å². The van der Waals surface area contributed by atoms with Gasteiger partial charge in [0, 0.05) is 44.4 Å². The maximum Gasteiger partial charge on any atom is 0.330 e. The van der Waals surface area contributed by atoms with Gasteiger partial charge in [-0.15, -0.1) is 0 Å². The summed E-state index contributed by atoms with van der Waals surface area (Å²) < 4.78 is 18.5. The Hall–Kier alpha value is -4.93. The molecule has 1 aromatic rings. The van der Waals surface area contributed by atoms with E-state index in [0.29, 0.717) is 0 Å². The summed E-state index contributed by atoms with van der Waals surface area (Å²) in [6.45, 7) is 1.12. The van der Waals surface area contributed by atoms with Crippen LogP contribution in [-0.2, 0) is 19.0 Å². The van der Waals surface area contributed by atoms with Gasteiger partial charge < -0.3 is 45.3 Å². The number of hydrogen-bond acceptors (Lipinski definition) is 15. The number of aryl methyl sites for hydroxylation is 1. The summed E-state index contributed by atoms with van der Waals surface area (Å²) in [5, 5.41) is 62.6. The highest BCUT2D eigenvalue weighted by Gasteiger charge is 2.50. The maximum atomic E-state index is 12.9. The fraction of sp³-hybridized carbons (Fsp3) is 0.800. The number of aromatic amines is 1. The SMILES string of the molecule is Cc1cn([C@H]2C[C@H](O)[C@@H](C(=O)NCCCN[C@H]3[C@@H](O)[C@H](N=[N+]=[N-])C[C@H](N=[N+]=[N-])[C@H]3O[C@H]3O[C@H](CN=[N+]=[N-])[C@@H](O)[C@H](O)[C@H]3N=[N+]=[N-])O2)c(=O)[nH]c1=O. The third-order valence-electron chi connectivity index (χ3n) is 8.69.